The van der Waals surface area contributed by atoms with Gasteiger partial charge in [0.1, 0.15) is 0 Å². The van der Waals surface area contributed by atoms with E-state index >= 15 is 0 Å². The minimum Gasteiger partial charge on any atom is -0.261 e. The van der Waals surface area contributed by atoms with Crippen molar-refractivity contribution in [1.82, 2.24) is 19.5 Å². The zero-order valence-corrected chi connectivity index (χ0v) is 9.31. The lowest BCUT2D eigenvalue weighted by Crippen LogP contribution is -2.09. The van der Waals surface area contributed by atoms with Crippen LogP contribution in [0, 0.1) is 6.92 Å². The molecule has 2 heterocycles. The largest absolute Gasteiger partial charge is 0.261 e. The van der Waals surface area contributed by atoms with Crippen LogP contribution in [0.15, 0.2) is 42.3 Å². The van der Waals surface area contributed by atoms with E-state index in [-0.39, 0.29) is 0 Å². The Hall–Kier alpha value is -1.49. The van der Waals surface area contributed by atoms with Crippen molar-refractivity contribution >= 4 is 11.8 Å². The molecule has 0 radical (unpaired) electrons. The summed E-state index contributed by atoms with van der Waals surface area (Å²) in [6.07, 6.45) is 5.79. The van der Waals surface area contributed by atoms with E-state index in [0.717, 1.165) is 16.7 Å². The molecule has 0 N–H and O–H groups in total. The van der Waals surface area contributed by atoms with Gasteiger partial charge < -0.3 is 0 Å². The predicted octanol–water partition coefficient (Wildman–Crippen LogP) is 1.98. The fourth-order valence-corrected chi connectivity index (χ4v) is 2.00. The summed E-state index contributed by atoms with van der Waals surface area (Å²) in [5, 5.41) is 9.06. The van der Waals surface area contributed by atoms with E-state index in [1.807, 2.05) is 46.9 Å². The van der Waals surface area contributed by atoms with Crippen LogP contribution >= 0.6 is 11.8 Å². The Kier molecular flexibility index (Phi) is 2.91. The lowest BCUT2D eigenvalue weighted by atomic mass is 10.7. The zero-order valence-electron chi connectivity index (χ0n) is 8.50. The molecular formula is C10H12N4S. The molecule has 0 fully saturated rings. The summed E-state index contributed by atoms with van der Waals surface area (Å²) in [5.74, 6) is 1.71. The molecule has 0 saturated carbocycles. The monoisotopic (exact) mass is 220 g/mol. The third-order valence-corrected chi connectivity index (χ3v) is 2.83. The molecule has 0 amide bonds. The molecule has 0 saturated heterocycles. The Morgan fingerprint density at radius 1 is 1.40 bits per heavy atom. The van der Waals surface area contributed by atoms with Crippen molar-refractivity contribution < 1.29 is 0 Å². The number of nitrogens with zero attached hydrogens (tertiary/aromatic N) is 4. The molecule has 0 aromatic carbocycles. The van der Waals surface area contributed by atoms with Gasteiger partial charge in [-0.3, -0.25) is 4.68 Å². The van der Waals surface area contributed by atoms with Gasteiger partial charge >= 0.3 is 0 Å². The fraction of sp³-hybridized carbons (Fsp3) is 0.200. The summed E-state index contributed by atoms with van der Waals surface area (Å²) in [4.78, 5) is 0. The molecule has 0 aliphatic rings. The predicted molar refractivity (Wildman–Crippen MR) is 60.9 cm³/mol. The summed E-state index contributed by atoms with van der Waals surface area (Å²) in [6, 6.07) is 3.95. The lowest BCUT2D eigenvalue weighted by molar-refractivity contribution is 0.581. The number of hydrogen-bond donors (Lipinski definition) is 0. The number of rotatable bonds is 4. The average molecular weight is 220 g/mol. The molecule has 0 unspecified atom stereocenters. The first-order chi connectivity index (χ1) is 7.33. The first-order valence-electron chi connectivity index (χ1n) is 4.62. The second-order valence-electron chi connectivity index (χ2n) is 3.00. The maximum absolute atomic E-state index is 4.12. The zero-order chi connectivity index (χ0) is 10.7. The molecule has 2 rings (SSSR count). The molecule has 0 atom stereocenters. The van der Waals surface area contributed by atoms with Gasteiger partial charge in [-0.15, -0.1) is 16.8 Å². The van der Waals surface area contributed by atoms with Crippen molar-refractivity contribution in [3.63, 3.8) is 0 Å². The highest BCUT2D eigenvalue weighted by Crippen LogP contribution is 2.16. The van der Waals surface area contributed by atoms with Gasteiger partial charge in [-0.1, -0.05) is 17.8 Å². The molecule has 2 aromatic heterocycles. The van der Waals surface area contributed by atoms with Crippen LogP contribution in [0.2, 0.25) is 0 Å². The molecular weight excluding hydrogens is 208 g/mol. The van der Waals surface area contributed by atoms with Gasteiger partial charge in [0, 0.05) is 18.1 Å². The van der Waals surface area contributed by atoms with Crippen molar-refractivity contribution in [3.05, 3.63) is 43.0 Å². The number of aromatic nitrogens is 4. The van der Waals surface area contributed by atoms with Gasteiger partial charge in [-0.05, 0) is 19.1 Å². The van der Waals surface area contributed by atoms with Crippen LogP contribution in [-0.4, -0.2) is 25.3 Å². The van der Waals surface area contributed by atoms with E-state index in [4.69, 9.17) is 0 Å². The summed E-state index contributed by atoms with van der Waals surface area (Å²) >= 11 is 1.62. The smallest absolute Gasteiger partial charge is 0.211 e. The Morgan fingerprint density at radius 3 is 2.80 bits per heavy atom. The van der Waals surface area contributed by atoms with Crippen LogP contribution in [0.5, 0.6) is 0 Å². The normalized spacial score (nSPS) is 10.5. The highest BCUT2D eigenvalue weighted by molar-refractivity contribution is 7.99. The summed E-state index contributed by atoms with van der Waals surface area (Å²) < 4.78 is 3.93. The van der Waals surface area contributed by atoms with Gasteiger partial charge in [0.2, 0.25) is 5.16 Å². The molecule has 0 aliphatic heterocycles. The fourth-order valence-electron chi connectivity index (χ4n) is 1.29. The molecule has 4 nitrogen and oxygen atoms in total. The van der Waals surface area contributed by atoms with Crippen LogP contribution in [0.4, 0.5) is 0 Å². The maximum atomic E-state index is 4.12. The number of hydrogen-bond acceptors (Lipinski definition) is 3. The van der Waals surface area contributed by atoms with Crippen molar-refractivity contribution in [3.8, 4) is 0 Å². The van der Waals surface area contributed by atoms with E-state index in [9.17, 15) is 0 Å². The number of aryl methyl sites for hydroxylation is 1. The van der Waals surface area contributed by atoms with Crippen LogP contribution in [0.3, 0.4) is 0 Å². The van der Waals surface area contributed by atoms with E-state index in [0.29, 0.717) is 0 Å². The molecule has 15 heavy (non-hydrogen) atoms. The first kappa shape index (κ1) is 10.0. The number of thioether (sulfide) groups is 1. The molecule has 0 aliphatic carbocycles. The minimum atomic E-state index is 0.833. The molecule has 0 spiro atoms. The van der Waals surface area contributed by atoms with Gasteiger partial charge in [0.05, 0.1) is 0 Å². The van der Waals surface area contributed by atoms with Crippen LogP contribution in [0.1, 0.15) is 5.82 Å². The summed E-state index contributed by atoms with van der Waals surface area (Å²) in [5.41, 5.74) is 0. The van der Waals surface area contributed by atoms with Crippen molar-refractivity contribution in [2.24, 2.45) is 0 Å². The lowest BCUT2D eigenvalue weighted by Gasteiger charge is -2.07. The van der Waals surface area contributed by atoms with Gasteiger partial charge in [0.25, 0.3) is 0 Å². The second-order valence-corrected chi connectivity index (χ2v) is 3.99. The standard InChI is InChI=1S/C10H12N4S/c1-3-8-15-10-12-11-9(2)14(10)13-6-4-5-7-13/h3-7H,1,8H2,2H3. The van der Waals surface area contributed by atoms with E-state index in [1.54, 1.807) is 11.8 Å². The van der Waals surface area contributed by atoms with Crippen molar-refractivity contribution in [2.45, 2.75) is 12.1 Å². The van der Waals surface area contributed by atoms with Crippen LogP contribution in [-0.2, 0) is 0 Å². The Balaban J connectivity index is 2.36. The third-order valence-electron chi connectivity index (χ3n) is 1.92. The molecule has 5 heteroatoms. The Morgan fingerprint density at radius 2 is 2.13 bits per heavy atom. The van der Waals surface area contributed by atoms with Crippen molar-refractivity contribution in [1.29, 1.82) is 0 Å². The van der Waals surface area contributed by atoms with Gasteiger partial charge in [-0.25, -0.2) is 4.68 Å². The van der Waals surface area contributed by atoms with Gasteiger partial charge in [-0.2, -0.15) is 0 Å². The highest BCUT2D eigenvalue weighted by atomic mass is 32.2. The third kappa shape index (κ3) is 1.97. The molecule has 0 bridgehead atoms. The van der Waals surface area contributed by atoms with E-state index in [1.165, 1.54) is 0 Å². The van der Waals surface area contributed by atoms with E-state index < -0.39 is 0 Å². The van der Waals surface area contributed by atoms with Crippen molar-refractivity contribution in [2.75, 3.05) is 5.75 Å². The molecule has 2 aromatic rings. The Labute approximate surface area is 92.6 Å². The first-order valence-corrected chi connectivity index (χ1v) is 5.61. The summed E-state index contributed by atoms with van der Waals surface area (Å²) in [7, 11) is 0. The van der Waals surface area contributed by atoms with E-state index in [2.05, 4.69) is 16.8 Å². The van der Waals surface area contributed by atoms with Crippen LogP contribution < -0.4 is 0 Å². The molecule has 78 valence electrons. The maximum Gasteiger partial charge on any atom is 0.211 e. The quantitative estimate of drug-likeness (QED) is 0.584. The second kappa shape index (κ2) is 4.35. The summed E-state index contributed by atoms with van der Waals surface area (Å²) in [6.45, 7) is 5.63. The topological polar surface area (TPSA) is 35.6 Å². The minimum absolute atomic E-state index is 0.833. The van der Waals surface area contributed by atoms with Crippen LogP contribution in [0.25, 0.3) is 0 Å². The Bertz CT molecular complexity index is 444. The SMILES string of the molecule is C=CCSc1nnc(C)n1-n1cccc1. The highest BCUT2D eigenvalue weighted by Gasteiger charge is 2.09. The average Bonchev–Trinajstić information content (AvgIpc) is 2.84. The van der Waals surface area contributed by atoms with Gasteiger partial charge in [0.15, 0.2) is 5.82 Å².